The minimum Gasteiger partial charge on any atom is -0.344 e. The molecule has 3 N–H and O–H groups in total. The van der Waals surface area contributed by atoms with Crippen LogP contribution in [0.5, 0.6) is 0 Å². The first-order valence-electron chi connectivity index (χ1n) is 7.90. The molecule has 2 aromatic rings. The molecule has 0 aromatic carbocycles. The molecule has 2 atom stereocenters. The Morgan fingerprint density at radius 1 is 1.28 bits per heavy atom. The number of fused-ring (bicyclic) bond motifs is 1. The molecule has 1 aliphatic heterocycles. The smallest absolute Gasteiger partial charge is 0.274 e. The van der Waals surface area contributed by atoms with E-state index in [1.54, 1.807) is 6.33 Å². The summed E-state index contributed by atoms with van der Waals surface area (Å²) in [7, 11) is -3.72. The summed E-state index contributed by atoms with van der Waals surface area (Å²) < 4.78 is 38.1. The Morgan fingerprint density at radius 2 is 2.00 bits per heavy atom. The van der Waals surface area contributed by atoms with Gasteiger partial charge in [-0.05, 0) is 27.2 Å². The highest BCUT2D eigenvalue weighted by atomic mass is 32.2. The number of nitrogens with one attached hydrogen (secondary N) is 1. The average molecular weight is 370 g/mol. The van der Waals surface area contributed by atoms with Gasteiger partial charge < -0.3 is 14.0 Å². The Hall–Kier alpha value is -1.66. The number of imidazole rings is 1. The molecule has 3 rings (SSSR count). The van der Waals surface area contributed by atoms with E-state index in [4.69, 9.17) is 14.6 Å². The summed E-state index contributed by atoms with van der Waals surface area (Å²) >= 11 is 0. The molecule has 10 nitrogen and oxygen atoms in total. The van der Waals surface area contributed by atoms with Gasteiger partial charge in [0.2, 0.25) is 0 Å². The maximum atomic E-state index is 11.0. The third-order valence-electron chi connectivity index (χ3n) is 3.98. The van der Waals surface area contributed by atoms with Crippen LogP contribution in [0.15, 0.2) is 12.7 Å². The van der Waals surface area contributed by atoms with Gasteiger partial charge in [-0.25, -0.2) is 24.8 Å². The first kappa shape index (κ1) is 18.1. The van der Waals surface area contributed by atoms with Gasteiger partial charge in [-0.3, -0.25) is 0 Å². The zero-order valence-corrected chi connectivity index (χ0v) is 15.2. The molecule has 1 saturated heterocycles. The minimum atomic E-state index is -3.72. The van der Waals surface area contributed by atoms with Crippen LogP contribution in [0.1, 0.15) is 26.0 Å². The van der Waals surface area contributed by atoms with Gasteiger partial charge in [0.25, 0.3) is 10.2 Å². The van der Waals surface area contributed by atoms with Crippen LogP contribution < -0.4 is 9.86 Å². The highest BCUT2D eigenvalue weighted by Crippen LogP contribution is 2.31. The van der Waals surface area contributed by atoms with Gasteiger partial charge in [-0.15, -0.1) is 0 Å². The van der Waals surface area contributed by atoms with Gasteiger partial charge >= 0.3 is 0 Å². The Labute approximate surface area is 145 Å². The molecule has 1 fully saturated rings. The summed E-state index contributed by atoms with van der Waals surface area (Å²) in [4.78, 5) is 12.8. The molecule has 2 aromatic heterocycles. The van der Waals surface area contributed by atoms with E-state index >= 15 is 0 Å². The average Bonchev–Trinajstić information content (AvgIpc) is 3.00. The highest BCUT2D eigenvalue weighted by Gasteiger charge is 2.41. The standard InChI is InChI=1S/C14H22N6O4S/c1-9-12-13(17-7-16-9)20(8-18-12)6-11-10(23-14(2,3)24-11)4-5-19-25(15,21)22/h7-8,10-11,19H,4-6H2,1-3H3,(H2,15,21,22)/t10-,11+/m1/s1. The van der Waals surface area contributed by atoms with E-state index in [1.807, 2.05) is 25.3 Å². The third kappa shape index (κ3) is 4.30. The van der Waals surface area contributed by atoms with Crippen LogP contribution in [0, 0.1) is 6.92 Å². The number of hydrogen-bond donors (Lipinski definition) is 2. The second-order valence-electron chi connectivity index (χ2n) is 6.47. The molecule has 11 heteroatoms. The molecule has 0 bridgehead atoms. The van der Waals surface area contributed by atoms with Crippen molar-refractivity contribution in [3.63, 3.8) is 0 Å². The fourth-order valence-corrected chi connectivity index (χ4v) is 3.38. The van der Waals surface area contributed by atoms with E-state index in [2.05, 4.69) is 19.7 Å². The van der Waals surface area contributed by atoms with E-state index in [1.165, 1.54) is 6.33 Å². The molecule has 138 valence electrons. The second-order valence-corrected chi connectivity index (χ2v) is 7.85. The quantitative estimate of drug-likeness (QED) is 0.721. The lowest BCUT2D eigenvalue weighted by Crippen LogP contribution is -2.35. The van der Waals surface area contributed by atoms with Crippen molar-refractivity contribution >= 4 is 21.4 Å². The van der Waals surface area contributed by atoms with Crippen molar-refractivity contribution in [3.05, 3.63) is 18.3 Å². The molecule has 1 aliphatic rings. The topological polar surface area (TPSA) is 134 Å². The highest BCUT2D eigenvalue weighted by molar-refractivity contribution is 7.87. The van der Waals surface area contributed by atoms with Crippen molar-refractivity contribution < 1.29 is 17.9 Å². The van der Waals surface area contributed by atoms with E-state index in [0.29, 0.717) is 13.0 Å². The Bertz CT molecular complexity index is 865. The lowest BCUT2D eigenvalue weighted by molar-refractivity contribution is -0.147. The molecular formula is C14H22N6O4S. The van der Waals surface area contributed by atoms with Gasteiger partial charge in [0.05, 0.1) is 24.7 Å². The first-order chi connectivity index (χ1) is 11.6. The monoisotopic (exact) mass is 370 g/mol. The summed E-state index contributed by atoms with van der Waals surface area (Å²) in [5.41, 5.74) is 2.27. The van der Waals surface area contributed by atoms with Crippen molar-refractivity contribution in [2.45, 2.75) is 51.7 Å². The predicted octanol–water partition coefficient (Wildman–Crippen LogP) is -0.162. The molecule has 3 heterocycles. The maximum absolute atomic E-state index is 11.0. The largest absolute Gasteiger partial charge is 0.344 e. The fraction of sp³-hybridized carbons (Fsp3) is 0.643. The van der Waals surface area contributed by atoms with Crippen molar-refractivity contribution in [1.29, 1.82) is 0 Å². The number of rotatable bonds is 6. The predicted molar refractivity (Wildman–Crippen MR) is 89.6 cm³/mol. The van der Waals surface area contributed by atoms with E-state index in [9.17, 15) is 8.42 Å². The van der Waals surface area contributed by atoms with Gasteiger partial charge in [0, 0.05) is 6.54 Å². The van der Waals surface area contributed by atoms with Gasteiger partial charge in [-0.2, -0.15) is 8.42 Å². The minimum absolute atomic E-state index is 0.172. The Kier molecular flexibility index (Phi) is 4.77. The van der Waals surface area contributed by atoms with Crippen LogP contribution in [0.2, 0.25) is 0 Å². The maximum Gasteiger partial charge on any atom is 0.274 e. The lowest BCUT2D eigenvalue weighted by atomic mass is 10.1. The van der Waals surface area contributed by atoms with Crippen molar-refractivity contribution in [3.8, 4) is 0 Å². The van der Waals surface area contributed by atoms with Crippen molar-refractivity contribution in [2.75, 3.05) is 6.54 Å². The Balaban J connectivity index is 1.75. The fourth-order valence-electron chi connectivity index (χ4n) is 2.98. The summed E-state index contributed by atoms with van der Waals surface area (Å²) in [5.74, 6) is -0.752. The van der Waals surface area contributed by atoms with Crippen LogP contribution >= 0.6 is 0 Å². The number of aromatic nitrogens is 4. The number of hydrogen-bond acceptors (Lipinski definition) is 7. The normalized spacial score (nSPS) is 23.4. The van der Waals surface area contributed by atoms with E-state index < -0.39 is 16.0 Å². The first-order valence-corrected chi connectivity index (χ1v) is 9.45. The number of ether oxygens (including phenoxy) is 2. The van der Waals surface area contributed by atoms with Crippen LogP contribution in [-0.4, -0.2) is 52.5 Å². The van der Waals surface area contributed by atoms with Crippen molar-refractivity contribution in [2.24, 2.45) is 5.14 Å². The summed E-state index contributed by atoms with van der Waals surface area (Å²) in [5, 5.41) is 4.96. The summed E-state index contributed by atoms with van der Waals surface area (Å²) in [6.45, 7) is 6.18. The number of nitrogens with zero attached hydrogens (tertiary/aromatic N) is 4. The molecular weight excluding hydrogens is 348 g/mol. The number of nitrogens with two attached hydrogens (primary N) is 1. The summed E-state index contributed by atoms with van der Waals surface area (Å²) in [6, 6.07) is 0. The summed E-state index contributed by atoms with van der Waals surface area (Å²) in [6.07, 6.45) is 3.07. The molecule has 0 amide bonds. The zero-order valence-electron chi connectivity index (χ0n) is 14.3. The molecule has 0 radical (unpaired) electrons. The number of aryl methyl sites for hydroxylation is 1. The van der Waals surface area contributed by atoms with Gasteiger partial charge in [0.1, 0.15) is 17.9 Å². The van der Waals surface area contributed by atoms with Crippen LogP contribution in [-0.2, 0) is 26.2 Å². The molecule has 0 spiro atoms. The third-order valence-corrected chi connectivity index (χ3v) is 4.58. The Morgan fingerprint density at radius 3 is 2.72 bits per heavy atom. The molecule has 0 aliphatic carbocycles. The van der Waals surface area contributed by atoms with Gasteiger partial charge in [-0.1, -0.05) is 0 Å². The van der Waals surface area contributed by atoms with Gasteiger partial charge in [0.15, 0.2) is 11.4 Å². The van der Waals surface area contributed by atoms with Crippen LogP contribution in [0.3, 0.4) is 0 Å². The molecule has 0 saturated carbocycles. The second kappa shape index (κ2) is 6.57. The van der Waals surface area contributed by atoms with Crippen LogP contribution in [0.25, 0.3) is 11.2 Å². The van der Waals surface area contributed by atoms with E-state index in [0.717, 1.165) is 16.9 Å². The van der Waals surface area contributed by atoms with Crippen molar-refractivity contribution in [1.82, 2.24) is 24.2 Å². The molecule has 0 unspecified atom stereocenters. The zero-order chi connectivity index (χ0) is 18.2. The molecule has 25 heavy (non-hydrogen) atoms. The van der Waals surface area contributed by atoms with Crippen LogP contribution in [0.4, 0.5) is 0 Å². The van der Waals surface area contributed by atoms with E-state index in [-0.39, 0.29) is 18.8 Å². The lowest BCUT2D eigenvalue weighted by Gasteiger charge is -2.17. The SMILES string of the molecule is Cc1ncnc2c1ncn2C[C@@H]1OC(C)(C)O[C@@H]1CCNS(N)(=O)=O.